The highest BCUT2D eigenvalue weighted by molar-refractivity contribution is 14.0. The number of aliphatic imine (C=N–C) groups is 1. The second-order valence-electron chi connectivity index (χ2n) is 7.05. The second-order valence-corrected chi connectivity index (χ2v) is 7.05. The van der Waals surface area contributed by atoms with E-state index in [1.54, 1.807) is 6.07 Å². The number of aryl methyl sites for hydroxylation is 1. The zero-order valence-electron chi connectivity index (χ0n) is 16.3. The summed E-state index contributed by atoms with van der Waals surface area (Å²) in [5, 5.41) is 6.19. The van der Waals surface area contributed by atoms with Gasteiger partial charge >= 0.3 is 0 Å². The molecule has 1 aliphatic rings. The van der Waals surface area contributed by atoms with Crippen molar-refractivity contribution in [2.45, 2.75) is 40.5 Å². The van der Waals surface area contributed by atoms with E-state index < -0.39 is 0 Å². The summed E-state index contributed by atoms with van der Waals surface area (Å²) in [7, 11) is 0. The van der Waals surface area contributed by atoms with Gasteiger partial charge in [0.15, 0.2) is 5.96 Å². The Balaban J connectivity index is 0.00000338. The van der Waals surface area contributed by atoms with Gasteiger partial charge in [0.1, 0.15) is 5.82 Å². The van der Waals surface area contributed by atoms with E-state index in [2.05, 4.69) is 46.3 Å². The number of pyridine rings is 1. The van der Waals surface area contributed by atoms with Crippen LogP contribution in [0.1, 0.15) is 39.3 Å². The quantitative estimate of drug-likeness (QED) is 0.391. The number of piperidine rings is 1. The molecule has 1 aromatic heterocycles. The summed E-state index contributed by atoms with van der Waals surface area (Å²) < 4.78 is 0. The topological polar surface area (TPSA) is 69.6 Å². The molecule has 2 atom stereocenters. The molecule has 1 saturated heterocycles. The van der Waals surface area contributed by atoms with Gasteiger partial charge in [0.05, 0.1) is 6.54 Å². The Morgan fingerprint density at radius 1 is 1.31 bits per heavy atom. The predicted molar refractivity (Wildman–Crippen MR) is 118 cm³/mol. The van der Waals surface area contributed by atoms with E-state index in [0.717, 1.165) is 31.3 Å². The van der Waals surface area contributed by atoms with Crippen molar-refractivity contribution in [3.05, 3.63) is 23.9 Å². The van der Waals surface area contributed by atoms with Crippen molar-refractivity contribution in [3.8, 4) is 0 Å². The highest BCUT2D eigenvalue weighted by atomic mass is 127. The van der Waals surface area contributed by atoms with Crippen LogP contribution in [0.4, 0.5) is 5.82 Å². The molecule has 0 saturated carbocycles. The van der Waals surface area contributed by atoms with Gasteiger partial charge in [-0.3, -0.25) is 9.79 Å². The minimum absolute atomic E-state index is 0. The Kier molecular flexibility index (Phi) is 9.90. The monoisotopic (exact) mass is 473 g/mol. The van der Waals surface area contributed by atoms with Crippen LogP contribution in [-0.2, 0) is 4.79 Å². The van der Waals surface area contributed by atoms with E-state index in [9.17, 15) is 4.79 Å². The molecular formula is C19H32IN5O. The van der Waals surface area contributed by atoms with Gasteiger partial charge in [-0.05, 0) is 44.2 Å². The zero-order chi connectivity index (χ0) is 18.2. The van der Waals surface area contributed by atoms with Gasteiger partial charge in [-0.2, -0.15) is 0 Å². The molecule has 0 radical (unpaired) electrons. The number of carbonyl (C=O) groups is 1. The molecule has 2 N–H and O–H groups in total. The molecule has 6 nitrogen and oxygen atoms in total. The van der Waals surface area contributed by atoms with Crippen LogP contribution in [0.5, 0.6) is 0 Å². The molecule has 2 heterocycles. The Labute approximate surface area is 174 Å². The van der Waals surface area contributed by atoms with Gasteiger partial charge in [-0.1, -0.05) is 19.9 Å². The van der Waals surface area contributed by atoms with Crippen LogP contribution in [0.3, 0.4) is 0 Å². The third-order valence-corrected chi connectivity index (χ3v) is 4.26. The molecule has 146 valence electrons. The number of aromatic nitrogens is 1. The van der Waals surface area contributed by atoms with E-state index in [1.807, 2.05) is 19.1 Å². The summed E-state index contributed by atoms with van der Waals surface area (Å²) in [6, 6.07) is 5.59. The largest absolute Gasteiger partial charge is 0.357 e. The number of guanidine groups is 1. The molecule has 7 heteroatoms. The van der Waals surface area contributed by atoms with Crippen LogP contribution in [-0.4, -0.2) is 47.9 Å². The number of hydrogen-bond acceptors (Lipinski definition) is 3. The number of halogens is 1. The lowest BCUT2D eigenvalue weighted by Gasteiger charge is -2.37. The van der Waals surface area contributed by atoms with Gasteiger partial charge < -0.3 is 15.5 Å². The number of nitrogens with zero attached hydrogens (tertiary/aromatic N) is 3. The Morgan fingerprint density at radius 3 is 2.62 bits per heavy atom. The third-order valence-electron chi connectivity index (χ3n) is 4.26. The van der Waals surface area contributed by atoms with Crippen molar-refractivity contribution in [1.82, 2.24) is 15.2 Å². The standard InChI is InChI=1S/C19H31N5O.HI/c1-5-20-19(24-12-14(2)11-15(3)13-24)21-10-9-18(25)23-17-8-6-7-16(4)22-17;/h6-8,14-15H,5,9-13H2,1-4H3,(H,20,21)(H,22,23,25);1H. The fraction of sp³-hybridized carbons (Fsp3) is 0.632. The molecule has 2 unspecified atom stereocenters. The van der Waals surface area contributed by atoms with E-state index in [4.69, 9.17) is 0 Å². The summed E-state index contributed by atoms with van der Waals surface area (Å²) >= 11 is 0. The zero-order valence-corrected chi connectivity index (χ0v) is 18.6. The van der Waals surface area contributed by atoms with E-state index in [-0.39, 0.29) is 29.9 Å². The van der Waals surface area contributed by atoms with Crippen molar-refractivity contribution in [2.75, 3.05) is 31.5 Å². The molecule has 1 fully saturated rings. The first kappa shape index (κ1) is 22.7. The average molecular weight is 473 g/mol. The van der Waals surface area contributed by atoms with Crippen LogP contribution in [0.25, 0.3) is 0 Å². The highest BCUT2D eigenvalue weighted by Gasteiger charge is 2.23. The van der Waals surface area contributed by atoms with Crippen LogP contribution in [0.2, 0.25) is 0 Å². The molecular weight excluding hydrogens is 441 g/mol. The minimum atomic E-state index is -0.0573. The smallest absolute Gasteiger partial charge is 0.227 e. The molecule has 0 aromatic carbocycles. The van der Waals surface area contributed by atoms with Crippen LogP contribution in [0.15, 0.2) is 23.2 Å². The lowest BCUT2D eigenvalue weighted by molar-refractivity contribution is -0.116. The summed E-state index contributed by atoms with van der Waals surface area (Å²) in [5.41, 5.74) is 0.888. The van der Waals surface area contributed by atoms with E-state index in [0.29, 0.717) is 30.6 Å². The van der Waals surface area contributed by atoms with Gasteiger partial charge in [-0.25, -0.2) is 4.98 Å². The number of anilines is 1. The Hall–Kier alpha value is -1.38. The van der Waals surface area contributed by atoms with Crippen molar-refractivity contribution in [1.29, 1.82) is 0 Å². The summed E-state index contributed by atoms with van der Waals surface area (Å²) in [4.78, 5) is 23.4. The van der Waals surface area contributed by atoms with Gasteiger partial charge in [-0.15, -0.1) is 24.0 Å². The number of carbonyl (C=O) groups excluding carboxylic acids is 1. The molecule has 1 amide bonds. The molecule has 26 heavy (non-hydrogen) atoms. The van der Waals surface area contributed by atoms with Crippen molar-refractivity contribution in [2.24, 2.45) is 16.8 Å². The van der Waals surface area contributed by atoms with E-state index in [1.165, 1.54) is 6.42 Å². The summed E-state index contributed by atoms with van der Waals surface area (Å²) in [6.07, 6.45) is 1.62. The first-order valence-electron chi connectivity index (χ1n) is 9.24. The first-order chi connectivity index (χ1) is 12.0. The van der Waals surface area contributed by atoms with Crippen molar-refractivity contribution < 1.29 is 4.79 Å². The van der Waals surface area contributed by atoms with Gasteiger partial charge in [0.25, 0.3) is 0 Å². The minimum Gasteiger partial charge on any atom is -0.357 e. The van der Waals surface area contributed by atoms with Crippen LogP contribution >= 0.6 is 24.0 Å². The molecule has 0 bridgehead atoms. The number of hydrogen-bond donors (Lipinski definition) is 2. The molecule has 0 spiro atoms. The molecule has 1 aliphatic heterocycles. The van der Waals surface area contributed by atoms with Crippen molar-refractivity contribution in [3.63, 3.8) is 0 Å². The van der Waals surface area contributed by atoms with Crippen molar-refractivity contribution >= 4 is 41.7 Å². The average Bonchev–Trinajstić information content (AvgIpc) is 2.53. The predicted octanol–water partition coefficient (Wildman–Crippen LogP) is 3.28. The fourth-order valence-corrected chi connectivity index (χ4v) is 3.34. The maximum atomic E-state index is 12.1. The maximum Gasteiger partial charge on any atom is 0.227 e. The Morgan fingerprint density at radius 2 is 2.00 bits per heavy atom. The number of rotatable bonds is 5. The molecule has 0 aliphatic carbocycles. The molecule has 1 aromatic rings. The van der Waals surface area contributed by atoms with Gasteiger partial charge in [0, 0.05) is 31.7 Å². The normalized spacial score (nSPS) is 20.3. The first-order valence-corrected chi connectivity index (χ1v) is 9.24. The summed E-state index contributed by atoms with van der Waals surface area (Å²) in [5.74, 6) is 2.80. The second kappa shape index (κ2) is 11.4. The number of likely N-dealkylation sites (tertiary alicyclic amines) is 1. The molecule has 2 rings (SSSR count). The van der Waals surface area contributed by atoms with Crippen LogP contribution in [0, 0.1) is 18.8 Å². The third kappa shape index (κ3) is 7.47. The van der Waals surface area contributed by atoms with Crippen LogP contribution < -0.4 is 10.6 Å². The van der Waals surface area contributed by atoms with E-state index >= 15 is 0 Å². The maximum absolute atomic E-state index is 12.1. The lowest BCUT2D eigenvalue weighted by Crippen LogP contribution is -2.48. The lowest BCUT2D eigenvalue weighted by atomic mass is 9.92. The number of amides is 1. The highest BCUT2D eigenvalue weighted by Crippen LogP contribution is 2.20. The number of nitrogens with one attached hydrogen (secondary N) is 2. The fourth-order valence-electron chi connectivity index (χ4n) is 3.34. The Bertz CT molecular complexity index is 597. The summed E-state index contributed by atoms with van der Waals surface area (Å²) in [6.45, 7) is 11.9. The van der Waals surface area contributed by atoms with Gasteiger partial charge in [0.2, 0.25) is 5.91 Å². The SMILES string of the molecule is CCNC(=NCCC(=O)Nc1cccc(C)n1)N1CC(C)CC(C)C1.I.